The van der Waals surface area contributed by atoms with Crippen molar-refractivity contribution in [2.24, 2.45) is 0 Å². The summed E-state index contributed by atoms with van der Waals surface area (Å²) in [6.07, 6.45) is 1.98. The molecule has 0 aromatic heterocycles. The van der Waals surface area contributed by atoms with E-state index < -0.39 is 12.0 Å². The van der Waals surface area contributed by atoms with Gasteiger partial charge in [-0.3, -0.25) is 4.79 Å². The Morgan fingerprint density at radius 3 is 2.65 bits per heavy atom. The fourth-order valence-electron chi connectivity index (χ4n) is 4.64. The highest BCUT2D eigenvalue weighted by atomic mass is 35.5. The molecule has 1 amide bonds. The molecule has 2 aliphatic rings. The summed E-state index contributed by atoms with van der Waals surface area (Å²) >= 11 is 6.11. The third-order valence-electron chi connectivity index (χ3n) is 6.22. The van der Waals surface area contributed by atoms with Gasteiger partial charge in [0, 0.05) is 19.1 Å². The zero-order valence-corrected chi connectivity index (χ0v) is 19.4. The lowest BCUT2D eigenvalue weighted by Crippen LogP contribution is -2.61. The number of ether oxygens (including phenoxy) is 1. The van der Waals surface area contributed by atoms with Gasteiger partial charge >= 0.3 is 5.97 Å². The molecule has 0 radical (unpaired) electrons. The second-order valence-electron chi connectivity index (χ2n) is 8.53. The molecular weight excluding hydrogens is 454 g/mol. The summed E-state index contributed by atoms with van der Waals surface area (Å²) in [5.41, 5.74) is 3.14. The van der Waals surface area contributed by atoms with Crippen LogP contribution in [0.2, 0.25) is 5.02 Å². The first kappa shape index (κ1) is 23.8. The highest BCUT2D eigenvalue weighted by molar-refractivity contribution is 6.32. The standard InChI is InChI=1S/C26H26ClN3O4/c27-21-5-1-2-6-23(21)34-13-3-4-17-7-9-18(10-8-17)20-14-19-15-30(24(31)11-12-28)16-22(29-19)25(20)26(32)33/h1-2,5-10,19,22,29H,3-4,11,13-16H2,(H,32,33)/t19?,22-/m1/s1. The molecule has 2 N–H and O–H groups in total. The number of carboxylic acid groups (broad SMARTS) is 1. The Morgan fingerprint density at radius 2 is 1.94 bits per heavy atom. The molecular formula is C26H26ClN3O4. The van der Waals surface area contributed by atoms with Crippen molar-refractivity contribution in [1.29, 1.82) is 5.26 Å². The summed E-state index contributed by atoms with van der Waals surface area (Å²) in [4.78, 5) is 25.9. The van der Waals surface area contributed by atoms with E-state index in [1.165, 1.54) is 0 Å². The Morgan fingerprint density at radius 1 is 1.18 bits per heavy atom. The lowest BCUT2D eigenvalue weighted by atomic mass is 9.83. The van der Waals surface area contributed by atoms with Crippen LogP contribution in [-0.2, 0) is 16.0 Å². The molecule has 176 valence electrons. The number of piperazine rings is 1. The first-order valence-corrected chi connectivity index (χ1v) is 11.7. The average molecular weight is 480 g/mol. The summed E-state index contributed by atoms with van der Waals surface area (Å²) in [7, 11) is 0. The number of aliphatic carboxylic acids is 1. The van der Waals surface area contributed by atoms with Gasteiger partial charge in [-0.05, 0) is 48.1 Å². The maximum Gasteiger partial charge on any atom is 0.333 e. The van der Waals surface area contributed by atoms with Crippen LogP contribution in [0.25, 0.3) is 5.57 Å². The van der Waals surface area contributed by atoms with Crippen LogP contribution in [0.4, 0.5) is 0 Å². The number of nitrogens with zero attached hydrogens (tertiary/aromatic N) is 2. The molecule has 1 fully saturated rings. The number of carboxylic acids is 1. The van der Waals surface area contributed by atoms with Gasteiger partial charge < -0.3 is 20.1 Å². The van der Waals surface area contributed by atoms with E-state index in [2.05, 4.69) is 5.32 Å². The zero-order chi connectivity index (χ0) is 24.1. The van der Waals surface area contributed by atoms with Crippen molar-refractivity contribution >= 4 is 29.1 Å². The molecule has 2 aliphatic heterocycles. The lowest BCUT2D eigenvalue weighted by molar-refractivity contribution is -0.135. The molecule has 2 heterocycles. The number of nitrogens with one attached hydrogen (secondary N) is 1. The third-order valence-corrected chi connectivity index (χ3v) is 6.54. The van der Waals surface area contributed by atoms with Crippen molar-refractivity contribution in [2.45, 2.75) is 37.8 Å². The number of carbonyl (C=O) groups is 2. The first-order valence-electron chi connectivity index (χ1n) is 11.3. The smallest absolute Gasteiger partial charge is 0.333 e. The number of hydrogen-bond acceptors (Lipinski definition) is 5. The lowest BCUT2D eigenvalue weighted by Gasteiger charge is -2.43. The number of nitriles is 1. The van der Waals surface area contributed by atoms with Crippen LogP contribution in [0.15, 0.2) is 54.1 Å². The molecule has 2 bridgehead atoms. The summed E-state index contributed by atoms with van der Waals surface area (Å²) in [6.45, 7) is 1.28. The van der Waals surface area contributed by atoms with Gasteiger partial charge in [0.2, 0.25) is 5.91 Å². The fourth-order valence-corrected chi connectivity index (χ4v) is 4.83. The third kappa shape index (κ3) is 5.41. The Labute approximate surface area is 203 Å². The molecule has 4 rings (SSSR count). The molecule has 0 aliphatic carbocycles. The van der Waals surface area contributed by atoms with E-state index in [0.29, 0.717) is 35.9 Å². The largest absolute Gasteiger partial charge is 0.492 e. The van der Waals surface area contributed by atoms with Gasteiger partial charge in [0.25, 0.3) is 0 Å². The second-order valence-corrected chi connectivity index (χ2v) is 8.94. The molecule has 8 heteroatoms. The van der Waals surface area contributed by atoms with Gasteiger partial charge in [0.1, 0.15) is 12.2 Å². The van der Waals surface area contributed by atoms with Gasteiger partial charge in [-0.25, -0.2) is 4.79 Å². The Kier molecular flexibility index (Phi) is 7.51. The molecule has 1 unspecified atom stereocenters. The van der Waals surface area contributed by atoms with Crippen molar-refractivity contribution in [3.63, 3.8) is 0 Å². The van der Waals surface area contributed by atoms with Gasteiger partial charge in [0.15, 0.2) is 0 Å². The molecule has 1 saturated heterocycles. The summed E-state index contributed by atoms with van der Waals surface area (Å²) in [6, 6.07) is 16.8. The van der Waals surface area contributed by atoms with Crippen LogP contribution in [-0.4, -0.2) is 53.7 Å². The van der Waals surface area contributed by atoms with Crippen LogP contribution in [0.5, 0.6) is 5.75 Å². The molecule has 34 heavy (non-hydrogen) atoms. The van der Waals surface area contributed by atoms with Gasteiger partial charge in [-0.15, -0.1) is 0 Å². The normalized spacial score (nSPS) is 19.5. The predicted molar refractivity (Wildman–Crippen MR) is 128 cm³/mol. The maximum atomic E-state index is 12.2. The highest BCUT2D eigenvalue weighted by Crippen LogP contribution is 2.33. The van der Waals surface area contributed by atoms with Gasteiger partial charge in [-0.2, -0.15) is 5.26 Å². The monoisotopic (exact) mass is 479 g/mol. The second kappa shape index (κ2) is 10.7. The SMILES string of the molecule is N#CCC(=O)N1CC2CC(c3ccc(CCCOc4ccccc4Cl)cc3)=C(C(=O)O)[C@@H](C1)N2. The number of carbonyl (C=O) groups excluding carboxylic acids is 1. The van der Waals surface area contributed by atoms with E-state index in [1.54, 1.807) is 11.0 Å². The van der Waals surface area contributed by atoms with Crippen LogP contribution in [0.1, 0.15) is 30.4 Å². The average Bonchev–Trinajstić information content (AvgIpc) is 2.82. The van der Waals surface area contributed by atoms with E-state index >= 15 is 0 Å². The van der Waals surface area contributed by atoms with Gasteiger partial charge in [0.05, 0.1) is 29.3 Å². The van der Waals surface area contributed by atoms with Crippen molar-refractivity contribution < 1.29 is 19.4 Å². The van der Waals surface area contributed by atoms with Crippen LogP contribution < -0.4 is 10.1 Å². The number of para-hydroxylation sites is 1. The molecule has 0 spiro atoms. The number of aryl methyl sites for hydroxylation is 1. The Hall–Kier alpha value is -3.34. The highest BCUT2D eigenvalue weighted by Gasteiger charge is 2.39. The minimum absolute atomic E-state index is 0.0406. The van der Waals surface area contributed by atoms with Crippen molar-refractivity contribution in [1.82, 2.24) is 10.2 Å². The van der Waals surface area contributed by atoms with E-state index in [1.807, 2.05) is 48.5 Å². The Balaban J connectivity index is 1.42. The Bertz CT molecular complexity index is 1140. The first-order chi connectivity index (χ1) is 16.5. The quantitative estimate of drug-likeness (QED) is 0.560. The van der Waals surface area contributed by atoms with Crippen molar-refractivity contribution in [2.75, 3.05) is 19.7 Å². The number of rotatable bonds is 8. The fraction of sp³-hybridized carbons (Fsp3) is 0.346. The summed E-state index contributed by atoms with van der Waals surface area (Å²) in [5.74, 6) is -0.562. The summed E-state index contributed by atoms with van der Waals surface area (Å²) in [5, 5.41) is 22.7. The van der Waals surface area contributed by atoms with Crippen molar-refractivity contribution in [3.8, 4) is 11.8 Å². The molecule has 2 aromatic carbocycles. The molecule has 7 nitrogen and oxygen atoms in total. The van der Waals surface area contributed by atoms with E-state index in [0.717, 1.165) is 29.5 Å². The predicted octanol–water partition coefficient (Wildman–Crippen LogP) is 3.68. The zero-order valence-electron chi connectivity index (χ0n) is 18.7. The molecule has 2 aromatic rings. The number of hydrogen-bond donors (Lipinski definition) is 2. The van der Waals surface area contributed by atoms with E-state index in [-0.39, 0.29) is 24.9 Å². The maximum absolute atomic E-state index is 12.2. The van der Waals surface area contributed by atoms with Crippen LogP contribution >= 0.6 is 11.6 Å². The van der Waals surface area contributed by atoms with E-state index in [4.69, 9.17) is 21.6 Å². The molecule has 0 saturated carbocycles. The minimum Gasteiger partial charge on any atom is -0.492 e. The van der Waals surface area contributed by atoms with E-state index in [9.17, 15) is 14.7 Å². The topological polar surface area (TPSA) is 103 Å². The van der Waals surface area contributed by atoms with Gasteiger partial charge in [-0.1, -0.05) is 48.0 Å². The number of halogens is 1. The summed E-state index contributed by atoms with van der Waals surface area (Å²) < 4.78 is 5.74. The van der Waals surface area contributed by atoms with Crippen LogP contribution in [0.3, 0.4) is 0 Å². The number of amides is 1. The number of benzene rings is 2. The number of fused-ring (bicyclic) bond motifs is 2. The minimum atomic E-state index is -0.985. The van der Waals surface area contributed by atoms with Crippen LogP contribution in [0, 0.1) is 11.3 Å². The van der Waals surface area contributed by atoms with Crippen molar-refractivity contribution in [3.05, 3.63) is 70.3 Å². The molecule has 2 atom stereocenters.